The predicted octanol–water partition coefficient (Wildman–Crippen LogP) is 2.46. The number of rotatable bonds is 7. The van der Waals surface area contributed by atoms with Crippen molar-refractivity contribution >= 4 is 23.5 Å². The second kappa shape index (κ2) is 8.68. The molecule has 0 radical (unpaired) electrons. The molecule has 7 nitrogen and oxygen atoms in total. The lowest BCUT2D eigenvalue weighted by Gasteiger charge is -2.09. The van der Waals surface area contributed by atoms with Crippen molar-refractivity contribution < 1.29 is 23.5 Å². The van der Waals surface area contributed by atoms with E-state index >= 15 is 0 Å². The zero-order valence-electron chi connectivity index (χ0n) is 14.1. The van der Waals surface area contributed by atoms with Gasteiger partial charge in [-0.1, -0.05) is 13.8 Å². The van der Waals surface area contributed by atoms with Crippen molar-refractivity contribution in [1.82, 2.24) is 5.32 Å². The summed E-state index contributed by atoms with van der Waals surface area (Å²) >= 11 is 0. The van der Waals surface area contributed by atoms with Crippen LogP contribution in [0.15, 0.2) is 47.1 Å². The fourth-order valence-corrected chi connectivity index (χ4v) is 1.87. The Morgan fingerprint density at radius 3 is 2.44 bits per heavy atom. The molecule has 2 aromatic rings. The molecule has 0 unspecified atom stereocenters. The Balaban J connectivity index is 1.83. The van der Waals surface area contributed by atoms with Crippen molar-refractivity contribution in [1.29, 1.82) is 0 Å². The zero-order chi connectivity index (χ0) is 18.2. The normalized spacial score (nSPS) is 10.4. The van der Waals surface area contributed by atoms with Crippen molar-refractivity contribution in [3.05, 3.63) is 54.0 Å². The molecule has 0 bridgehead atoms. The summed E-state index contributed by atoms with van der Waals surface area (Å²) in [5.74, 6) is -0.824. The van der Waals surface area contributed by atoms with Crippen LogP contribution in [0.5, 0.6) is 0 Å². The van der Waals surface area contributed by atoms with Crippen LogP contribution in [-0.2, 0) is 9.53 Å². The van der Waals surface area contributed by atoms with Crippen molar-refractivity contribution in [2.75, 3.05) is 18.5 Å². The summed E-state index contributed by atoms with van der Waals surface area (Å²) in [5.41, 5.74) is 0.792. The Morgan fingerprint density at radius 1 is 1.12 bits per heavy atom. The molecular weight excluding hydrogens is 324 g/mol. The molecule has 0 spiro atoms. The Kier molecular flexibility index (Phi) is 6.33. The molecule has 2 rings (SSSR count). The first-order valence-electron chi connectivity index (χ1n) is 7.84. The molecule has 1 heterocycles. The highest BCUT2D eigenvalue weighted by atomic mass is 16.5. The standard InChI is InChI=1S/C18H20N2O5/c1-12(2)10-19-16(21)11-25-18(23)13-5-7-14(8-6-13)20-17(22)15-4-3-9-24-15/h3-9,12H,10-11H2,1-2H3,(H,19,21)(H,20,22). The Morgan fingerprint density at radius 2 is 1.84 bits per heavy atom. The smallest absolute Gasteiger partial charge is 0.338 e. The first-order chi connectivity index (χ1) is 12.0. The van der Waals surface area contributed by atoms with Crippen LogP contribution in [0.25, 0.3) is 0 Å². The molecule has 0 saturated carbocycles. The van der Waals surface area contributed by atoms with Crippen molar-refractivity contribution in [3.63, 3.8) is 0 Å². The van der Waals surface area contributed by atoms with Gasteiger partial charge in [0.2, 0.25) is 0 Å². The monoisotopic (exact) mass is 344 g/mol. The predicted molar refractivity (Wildman–Crippen MR) is 91.2 cm³/mol. The van der Waals surface area contributed by atoms with E-state index in [1.165, 1.54) is 18.4 Å². The van der Waals surface area contributed by atoms with Crippen molar-refractivity contribution in [2.24, 2.45) is 5.92 Å². The second-order valence-electron chi connectivity index (χ2n) is 5.78. The van der Waals surface area contributed by atoms with Crippen LogP contribution >= 0.6 is 0 Å². The fraction of sp³-hybridized carbons (Fsp3) is 0.278. The Hall–Kier alpha value is -3.09. The highest BCUT2D eigenvalue weighted by molar-refractivity contribution is 6.02. The highest BCUT2D eigenvalue weighted by Gasteiger charge is 2.12. The number of hydrogen-bond acceptors (Lipinski definition) is 5. The van der Waals surface area contributed by atoms with E-state index < -0.39 is 5.97 Å². The van der Waals surface area contributed by atoms with Gasteiger partial charge in [-0.05, 0) is 42.3 Å². The summed E-state index contributed by atoms with van der Waals surface area (Å²) < 4.78 is 9.94. The number of carbonyl (C=O) groups excluding carboxylic acids is 3. The molecule has 0 atom stereocenters. The molecule has 0 aliphatic rings. The van der Waals surface area contributed by atoms with E-state index in [9.17, 15) is 14.4 Å². The summed E-state index contributed by atoms with van der Waals surface area (Å²) in [6.07, 6.45) is 1.41. The van der Waals surface area contributed by atoms with Crippen LogP contribution in [0.2, 0.25) is 0 Å². The Labute approximate surface area is 145 Å². The van der Waals surface area contributed by atoms with E-state index in [-0.39, 0.29) is 29.7 Å². The van der Waals surface area contributed by atoms with Crippen LogP contribution in [0, 0.1) is 5.92 Å². The number of carbonyl (C=O) groups is 3. The molecule has 0 saturated heterocycles. The maximum Gasteiger partial charge on any atom is 0.338 e. The molecule has 0 aliphatic carbocycles. The summed E-state index contributed by atoms with van der Waals surface area (Å²) in [5, 5.41) is 5.30. The minimum Gasteiger partial charge on any atom is -0.459 e. The summed E-state index contributed by atoms with van der Waals surface area (Å²) in [6, 6.07) is 9.31. The highest BCUT2D eigenvalue weighted by Crippen LogP contribution is 2.12. The van der Waals surface area contributed by atoms with Gasteiger partial charge in [-0.15, -0.1) is 0 Å². The third-order valence-corrected chi connectivity index (χ3v) is 3.17. The average molecular weight is 344 g/mol. The number of esters is 1. The molecule has 2 N–H and O–H groups in total. The van der Waals surface area contributed by atoms with Gasteiger partial charge in [0, 0.05) is 12.2 Å². The lowest BCUT2D eigenvalue weighted by molar-refractivity contribution is -0.124. The minimum atomic E-state index is -0.608. The largest absolute Gasteiger partial charge is 0.459 e. The third kappa shape index (κ3) is 5.80. The van der Waals surface area contributed by atoms with Crippen molar-refractivity contribution in [2.45, 2.75) is 13.8 Å². The number of amides is 2. The number of nitrogens with one attached hydrogen (secondary N) is 2. The van der Waals surface area contributed by atoms with Crippen LogP contribution in [0.1, 0.15) is 34.8 Å². The van der Waals surface area contributed by atoms with Gasteiger partial charge in [-0.3, -0.25) is 9.59 Å². The van der Waals surface area contributed by atoms with Gasteiger partial charge in [0.1, 0.15) is 0 Å². The maximum atomic E-state index is 11.9. The van der Waals surface area contributed by atoms with E-state index in [0.29, 0.717) is 18.2 Å². The van der Waals surface area contributed by atoms with Gasteiger partial charge in [0.25, 0.3) is 11.8 Å². The Bertz CT molecular complexity index is 720. The molecule has 1 aromatic heterocycles. The van der Waals surface area contributed by atoms with Crippen LogP contribution < -0.4 is 10.6 Å². The second-order valence-corrected chi connectivity index (χ2v) is 5.78. The van der Waals surface area contributed by atoms with Crippen molar-refractivity contribution in [3.8, 4) is 0 Å². The van der Waals surface area contributed by atoms with E-state index in [4.69, 9.17) is 9.15 Å². The number of hydrogen-bond donors (Lipinski definition) is 2. The summed E-state index contributed by atoms with van der Waals surface area (Å²) in [7, 11) is 0. The van der Waals surface area contributed by atoms with E-state index in [2.05, 4.69) is 10.6 Å². The first-order valence-corrected chi connectivity index (χ1v) is 7.84. The maximum absolute atomic E-state index is 11.9. The van der Waals surface area contributed by atoms with Crippen LogP contribution in [-0.4, -0.2) is 30.9 Å². The van der Waals surface area contributed by atoms with E-state index in [1.807, 2.05) is 13.8 Å². The molecule has 2 amide bonds. The lowest BCUT2D eigenvalue weighted by atomic mass is 10.2. The lowest BCUT2D eigenvalue weighted by Crippen LogP contribution is -2.31. The number of furan rings is 1. The molecule has 132 valence electrons. The molecule has 0 fully saturated rings. The topological polar surface area (TPSA) is 97.6 Å². The fourth-order valence-electron chi connectivity index (χ4n) is 1.87. The van der Waals surface area contributed by atoms with Gasteiger partial charge in [-0.2, -0.15) is 0 Å². The van der Waals surface area contributed by atoms with Gasteiger partial charge >= 0.3 is 5.97 Å². The molecule has 7 heteroatoms. The minimum absolute atomic E-state index is 0.191. The first kappa shape index (κ1) is 18.3. The van der Waals surface area contributed by atoms with Gasteiger partial charge in [0.15, 0.2) is 12.4 Å². The molecular formula is C18H20N2O5. The molecule has 0 aliphatic heterocycles. The zero-order valence-corrected chi connectivity index (χ0v) is 14.1. The average Bonchev–Trinajstić information content (AvgIpc) is 3.13. The molecule has 1 aromatic carbocycles. The number of anilines is 1. The van der Waals surface area contributed by atoms with E-state index in [1.54, 1.807) is 24.3 Å². The SMILES string of the molecule is CC(C)CNC(=O)COC(=O)c1ccc(NC(=O)c2ccco2)cc1. The van der Waals surface area contributed by atoms with Crippen LogP contribution in [0.3, 0.4) is 0 Å². The van der Waals surface area contributed by atoms with Crippen LogP contribution in [0.4, 0.5) is 5.69 Å². The quantitative estimate of drug-likeness (QED) is 0.752. The summed E-state index contributed by atoms with van der Waals surface area (Å²) in [6.45, 7) is 4.14. The third-order valence-electron chi connectivity index (χ3n) is 3.17. The summed E-state index contributed by atoms with van der Waals surface area (Å²) in [4.78, 5) is 35.3. The molecule has 25 heavy (non-hydrogen) atoms. The number of ether oxygens (including phenoxy) is 1. The van der Waals surface area contributed by atoms with Gasteiger partial charge in [0.05, 0.1) is 11.8 Å². The van der Waals surface area contributed by atoms with E-state index in [0.717, 1.165) is 0 Å². The van der Waals surface area contributed by atoms with Gasteiger partial charge < -0.3 is 19.8 Å². The number of benzene rings is 1. The van der Waals surface area contributed by atoms with Gasteiger partial charge in [-0.25, -0.2) is 4.79 Å².